The molecule has 0 unspecified atom stereocenters. The van der Waals surface area contributed by atoms with Crippen molar-refractivity contribution in [2.75, 3.05) is 18.1 Å². The van der Waals surface area contributed by atoms with Crippen LogP contribution in [0.3, 0.4) is 0 Å². The predicted molar refractivity (Wildman–Crippen MR) is 118 cm³/mol. The van der Waals surface area contributed by atoms with E-state index in [1.807, 2.05) is 0 Å². The van der Waals surface area contributed by atoms with Crippen LogP contribution in [0.1, 0.15) is 24.0 Å². The van der Waals surface area contributed by atoms with Gasteiger partial charge in [0.15, 0.2) is 0 Å². The third kappa shape index (κ3) is 3.94. The first-order valence-electron chi connectivity index (χ1n) is 11.3. The maximum absolute atomic E-state index is 13.5. The minimum atomic E-state index is -4.84. The van der Waals surface area contributed by atoms with Crippen LogP contribution in [0.15, 0.2) is 47.4 Å². The van der Waals surface area contributed by atoms with Crippen molar-refractivity contribution in [3.05, 3.63) is 70.0 Å². The van der Waals surface area contributed by atoms with E-state index in [0.29, 0.717) is 30.8 Å². The van der Waals surface area contributed by atoms with Gasteiger partial charge in [-0.3, -0.25) is 4.57 Å². The molecule has 1 spiro atoms. The molecule has 12 heteroatoms. The Kier molecular flexibility index (Phi) is 5.18. The summed E-state index contributed by atoms with van der Waals surface area (Å²) in [6.45, 7) is 1.93. The maximum atomic E-state index is 13.5. The molecule has 4 aliphatic rings. The summed E-state index contributed by atoms with van der Waals surface area (Å²) in [5.74, 6) is -0.585. The van der Waals surface area contributed by atoms with Gasteiger partial charge in [-0.1, -0.05) is 0 Å². The number of halogens is 4. The largest absolute Gasteiger partial charge is 0.473 e. The molecule has 0 radical (unpaired) electrons. The Balaban J connectivity index is 1.13. The molecule has 3 saturated heterocycles. The van der Waals surface area contributed by atoms with E-state index in [0.717, 1.165) is 31.3 Å². The number of nitrogens with zero attached hydrogens (tertiary/aromatic N) is 4. The van der Waals surface area contributed by atoms with Crippen molar-refractivity contribution < 1.29 is 31.8 Å². The molecular formula is C24H20F4N4O4. The van der Waals surface area contributed by atoms with Crippen LogP contribution in [0.4, 0.5) is 23.4 Å². The quantitative estimate of drug-likeness (QED) is 0.488. The van der Waals surface area contributed by atoms with Crippen LogP contribution in [0.5, 0.6) is 17.5 Å². The third-order valence-corrected chi connectivity index (χ3v) is 6.82. The van der Waals surface area contributed by atoms with Gasteiger partial charge in [-0.05, 0) is 37.1 Å². The van der Waals surface area contributed by atoms with Gasteiger partial charge >= 0.3 is 11.9 Å². The molecule has 4 aliphatic heterocycles. The number of anilines is 1. The molecule has 1 aromatic carbocycles. The summed E-state index contributed by atoms with van der Waals surface area (Å²) in [6, 6.07) is 7.19. The van der Waals surface area contributed by atoms with E-state index in [1.54, 1.807) is 16.7 Å². The molecule has 2 bridgehead atoms. The molecule has 8 nitrogen and oxygen atoms in total. The molecule has 0 aliphatic carbocycles. The molecule has 3 fully saturated rings. The molecule has 0 amide bonds. The summed E-state index contributed by atoms with van der Waals surface area (Å²) in [5, 5.41) is 0. The van der Waals surface area contributed by atoms with E-state index in [1.165, 1.54) is 12.3 Å². The van der Waals surface area contributed by atoms with Crippen molar-refractivity contribution >= 4 is 5.82 Å². The van der Waals surface area contributed by atoms with Gasteiger partial charge in [0.2, 0.25) is 11.8 Å². The predicted octanol–water partition coefficient (Wildman–Crippen LogP) is 3.92. The molecule has 0 N–H and O–H groups in total. The van der Waals surface area contributed by atoms with Crippen LogP contribution in [0, 0.1) is 5.82 Å². The van der Waals surface area contributed by atoms with E-state index in [-0.39, 0.29) is 41.4 Å². The lowest BCUT2D eigenvalue weighted by molar-refractivity contribution is -0.140. The van der Waals surface area contributed by atoms with Gasteiger partial charge in [0, 0.05) is 30.4 Å². The van der Waals surface area contributed by atoms with Gasteiger partial charge in [0.25, 0.3) is 0 Å². The fourth-order valence-electron chi connectivity index (χ4n) is 4.99. The summed E-state index contributed by atoms with van der Waals surface area (Å²) < 4.78 is 70.8. The first-order valence-corrected chi connectivity index (χ1v) is 11.3. The van der Waals surface area contributed by atoms with Gasteiger partial charge in [-0.2, -0.15) is 18.2 Å². The topological polar surface area (TPSA) is 78.7 Å². The summed E-state index contributed by atoms with van der Waals surface area (Å²) in [4.78, 5) is 23.0. The fourth-order valence-corrected chi connectivity index (χ4v) is 4.99. The van der Waals surface area contributed by atoms with Gasteiger partial charge in [-0.15, -0.1) is 0 Å². The van der Waals surface area contributed by atoms with Crippen LogP contribution in [0.2, 0.25) is 0 Å². The Bertz CT molecular complexity index is 1370. The number of alkyl halides is 3. The van der Waals surface area contributed by atoms with Crippen molar-refractivity contribution in [1.82, 2.24) is 14.5 Å². The summed E-state index contributed by atoms with van der Waals surface area (Å²) >= 11 is 0. The second-order valence-electron chi connectivity index (χ2n) is 9.16. The SMILES string of the molecule is O=c1nc(OCc2ccc(Oc3ccc(F)c(C(F)(F)F)c3)nc2)cc2n1C[C@@]13CC[C@@H](CN21)OC3. The first kappa shape index (κ1) is 22.8. The van der Waals surface area contributed by atoms with Gasteiger partial charge in [0.05, 0.1) is 30.4 Å². The second-order valence-corrected chi connectivity index (χ2v) is 9.16. The lowest BCUT2D eigenvalue weighted by Gasteiger charge is -2.50. The Morgan fingerprint density at radius 1 is 1.17 bits per heavy atom. The van der Waals surface area contributed by atoms with Crippen LogP contribution >= 0.6 is 0 Å². The van der Waals surface area contributed by atoms with Crippen molar-refractivity contribution in [3.8, 4) is 17.5 Å². The normalized spacial score (nSPS) is 22.3. The number of morpholine rings is 1. The molecule has 2 atom stereocenters. The Hall–Kier alpha value is -3.67. The van der Waals surface area contributed by atoms with E-state index in [2.05, 4.69) is 14.9 Å². The second kappa shape index (κ2) is 8.19. The number of piperidine rings is 1. The fraction of sp³-hybridized carbons (Fsp3) is 0.375. The van der Waals surface area contributed by atoms with Crippen molar-refractivity contribution in [2.45, 2.75) is 43.8 Å². The maximum Gasteiger partial charge on any atom is 0.419 e. The molecule has 36 heavy (non-hydrogen) atoms. The number of rotatable bonds is 5. The average Bonchev–Trinajstić information content (AvgIpc) is 3.19. The number of benzene rings is 1. The van der Waals surface area contributed by atoms with Crippen LogP contribution in [-0.2, 0) is 24.1 Å². The molecule has 0 saturated carbocycles. The molecular weight excluding hydrogens is 484 g/mol. The van der Waals surface area contributed by atoms with Crippen molar-refractivity contribution in [3.63, 3.8) is 0 Å². The zero-order valence-corrected chi connectivity index (χ0v) is 18.8. The summed E-state index contributed by atoms with van der Waals surface area (Å²) in [5.41, 5.74) is -1.37. The number of fused-ring (bicyclic) bond motifs is 3. The minimum absolute atomic E-state index is 0.0278. The smallest absolute Gasteiger partial charge is 0.419 e. The molecule has 188 valence electrons. The zero-order valence-electron chi connectivity index (χ0n) is 18.8. The van der Waals surface area contributed by atoms with Crippen molar-refractivity contribution in [2.24, 2.45) is 0 Å². The highest BCUT2D eigenvalue weighted by atomic mass is 19.4. The molecule has 3 aromatic rings. The molecule has 2 aromatic heterocycles. The first-order chi connectivity index (χ1) is 17.2. The van der Waals surface area contributed by atoms with E-state index < -0.39 is 17.6 Å². The highest BCUT2D eigenvalue weighted by Crippen LogP contribution is 2.44. The highest BCUT2D eigenvalue weighted by Gasteiger charge is 2.52. The van der Waals surface area contributed by atoms with Gasteiger partial charge in [0.1, 0.15) is 24.0 Å². The Morgan fingerprint density at radius 3 is 2.75 bits per heavy atom. The number of hydrogen-bond acceptors (Lipinski definition) is 7. The Morgan fingerprint density at radius 2 is 2.03 bits per heavy atom. The van der Waals surface area contributed by atoms with Crippen LogP contribution in [-0.4, -0.2) is 39.3 Å². The number of ether oxygens (including phenoxy) is 3. The lowest BCUT2D eigenvalue weighted by atomic mass is 9.84. The number of hydrogen-bond donors (Lipinski definition) is 0. The third-order valence-electron chi connectivity index (χ3n) is 6.82. The van der Waals surface area contributed by atoms with Crippen LogP contribution in [0.25, 0.3) is 0 Å². The Labute approximate surface area is 202 Å². The zero-order chi connectivity index (χ0) is 25.1. The van der Waals surface area contributed by atoms with E-state index in [9.17, 15) is 22.4 Å². The van der Waals surface area contributed by atoms with Crippen molar-refractivity contribution in [1.29, 1.82) is 0 Å². The summed E-state index contributed by atoms with van der Waals surface area (Å²) in [7, 11) is 0. The monoisotopic (exact) mass is 504 g/mol. The highest BCUT2D eigenvalue weighted by molar-refractivity contribution is 5.51. The number of aromatic nitrogens is 3. The molecule has 7 rings (SSSR count). The summed E-state index contributed by atoms with van der Waals surface area (Å²) in [6.07, 6.45) is -1.31. The average molecular weight is 504 g/mol. The molecule has 6 heterocycles. The standard InChI is InChI=1S/C24H20F4N4O4/c25-18-3-2-15(7-17(18)24(26,27)28)36-19-4-1-14(9-29-19)11-34-20-8-21-31(22(33)30-20)12-23-6-5-16(35-13-23)10-32(21)23/h1-4,7-9,16H,5-6,10-13H2/t16-,23+/m0/s1. The van der Waals surface area contributed by atoms with Crippen LogP contribution < -0.4 is 20.1 Å². The van der Waals surface area contributed by atoms with E-state index in [4.69, 9.17) is 14.2 Å². The minimum Gasteiger partial charge on any atom is -0.473 e. The van der Waals surface area contributed by atoms with Gasteiger partial charge < -0.3 is 19.1 Å². The van der Waals surface area contributed by atoms with E-state index >= 15 is 0 Å². The lowest BCUT2D eigenvalue weighted by Crippen LogP contribution is -2.62. The number of pyridine rings is 1. The van der Waals surface area contributed by atoms with Gasteiger partial charge in [-0.25, -0.2) is 14.2 Å².